The molecule has 1 amide bonds. The molecule has 0 saturated heterocycles. The van der Waals surface area contributed by atoms with Gasteiger partial charge in [-0.05, 0) is 31.0 Å². The number of carbonyl (C=O) groups excluding carboxylic acids is 1. The summed E-state index contributed by atoms with van der Waals surface area (Å²) < 4.78 is 30.5. The topological polar surface area (TPSA) is 68.0 Å². The van der Waals surface area contributed by atoms with Gasteiger partial charge in [0.1, 0.15) is 0 Å². The average molecular weight is 281 g/mol. The maximum Gasteiger partial charge on any atom is 0.322 e. The lowest BCUT2D eigenvalue weighted by Crippen LogP contribution is -2.14. The normalized spacial score (nSPS) is 10.9. The molecule has 2 rings (SSSR count). The largest absolute Gasteiger partial charge is 0.408 e. The van der Waals surface area contributed by atoms with Gasteiger partial charge in [-0.25, -0.2) is 8.78 Å². The number of alkyl halides is 2. The molecule has 0 aliphatic rings. The molecule has 0 aliphatic carbocycles. The number of nitrogens with zero attached hydrogens (tertiary/aromatic N) is 2. The molecule has 0 bridgehead atoms. The van der Waals surface area contributed by atoms with Gasteiger partial charge in [0.25, 0.3) is 12.3 Å². The fourth-order valence-corrected chi connectivity index (χ4v) is 1.84. The van der Waals surface area contributed by atoms with Crippen LogP contribution in [0.5, 0.6) is 0 Å². The Balaban J connectivity index is 2.29. The minimum Gasteiger partial charge on any atom is -0.408 e. The summed E-state index contributed by atoms with van der Waals surface area (Å²) in [6.45, 7) is 4.77. The van der Waals surface area contributed by atoms with E-state index in [9.17, 15) is 13.6 Å². The highest BCUT2D eigenvalue weighted by Crippen LogP contribution is 2.27. The number of hydrogen-bond donors (Lipinski definition) is 1. The van der Waals surface area contributed by atoms with Gasteiger partial charge < -0.3 is 4.42 Å². The third-order valence-corrected chi connectivity index (χ3v) is 3.06. The van der Waals surface area contributed by atoms with Crippen LogP contribution in [0.15, 0.2) is 16.5 Å². The lowest BCUT2D eigenvalue weighted by Gasteiger charge is -2.12. The molecule has 1 N–H and O–H groups in total. The lowest BCUT2D eigenvalue weighted by atomic mass is 9.98. The molecule has 0 saturated carbocycles. The van der Waals surface area contributed by atoms with Gasteiger partial charge in [-0.1, -0.05) is 11.2 Å². The summed E-state index contributed by atoms with van der Waals surface area (Å²) >= 11 is 0. The number of benzene rings is 1. The van der Waals surface area contributed by atoms with E-state index in [1.165, 1.54) is 12.1 Å². The number of aryl methyl sites for hydroxylation is 1. The fraction of sp³-hybridized carbons (Fsp3) is 0.308. The monoisotopic (exact) mass is 281 g/mol. The first-order valence-corrected chi connectivity index (χ1v) is 5.90. The van der Waals surface area contributed by atoms with Gasteiger partial charge in [0.2, 0.25) is 5.89 Å². The van der Waals surface area contributed by atoms with Crippen LogP contribution < -0.4 is 5.32 Å². The quantitative estimate of drug-likeness (QED) is 0.938. The van der Waals surface area contributed by atoms with Crippen molar-refractivity contribution in [3.63, 3.8) is 0 Å². The Morgan fingerprint density at radius 2 is 1.90 bits per heavy atom. The van der Waals surface area contributed by atoms with Gasteiger partial charge in [0.15, 0.2) is 0 Å². The Morgan fingerprint density at radius 1 is 1.20 bits per heavy atom. The summed E-state index contributed by atoms with van der Waals surface area (Å²) in [7, 11) is 0. The summed E-state index contributed by atoms with van der Waals surface area (Å²) in [5, 5.41) is 9.65. The summed E-state index contributed by atoms with van der Waals surface area (Å²) in [5.74, 6) is -0.156. The van der Waals surface area contributed by atoms with E-state index in [0.717, 1.165) is 0 Å². The summed E-state index contributed by atoms with van der Waals surface area (Å²) in [6, 6.07) is 2.59. The number of halogens is 2. The van der Waals surface area contributed by atoms with Crippen molar-refractivity contribution < 1.29 is 18.0 Å². The molecule has 1 heterocycles. The van der Waals surface area contributed by atoms with Crippen molar-refractivity contribution in [1.29, 1.82) is 0 Å². The van der Waals surface area contributed by atoms with Crippen molar-refractivity contribution in [3.8, 4) is 0 Å². The van der Waals surface area contributed by atoms with Gasteiger partial charge in [0.05, 0.1) is 0 Å². The van der Waals surface area contributed by atoms with Crippen LogP contribution in [0, 0.1) is 20.8 Å². The number of anilines is 1. The predicted octanol–water partition coefficient (Wildman–Crippen LogP) is 3.18. The molecule has 1 aromatic heterocycles. The molecule has 1 aromatic carbocycles. The predicted molar refractivity (Wildman–Crippen MR) is 67.9 cm³/mol. The first kappa shape index (κ1) is 14.1. The molecule has 0 fully saturated rings. The van der Waals surface area contributed by atoms with Crippen molar-refractivity contribution in [1.82, 2.24) is 10.2 Å². The van der Waals surface area contributed by atoms with Crippen LogP contribution >= 0.6 is 0 Å². The summed E-state index contributed by atoms with van der Waals surface area (Å²) in [6.07, 6.45) is -2.57. The molecule has 2 aromatic rings. The average Bonchev–Trinajstić information content (AvgIpc) is 2.77. The maximum atomic E-state index is 12.8. The first-order valence-electron chi connectivity index (χ1n) is 5.90. The van der Waals surface area contributed by atoms with Gasteiger partial charge >= 0.3 is 6.01 Å². The van der Waals surface area contributed by atoms with E-state index in [1.807, 2.05) is 0 Å². The van der Waals surface area contributed by atoms with Crippen LogP contribution in [0.4, 0.5) is 14.8 Å². The van der Waals surface area contributed by atoms with Gasteiger partial charge in [-0.15, -0.1) is 5.10 Å². The van der Waals surface area contributed by atoms with E-state index >= 15 is 0 Å². The smallest absolute Gasteiger partial charge is 0.322 e. The number of aromatic nitrogens is 2. The van der Waals surface area contributed by atoms with Crippen LogP contribution in [0.2, 0.25) is 0 Å². The first-order chi connectivity index (χ1) is 9.40. The summed E-state index contributed by atoms with van der Waals surface area (Å²) in [5.41, 5.74) is 1.11. The molecule has 0 atom stereocenters. The molecule has 0 spiro atoms. The zero-order valence-corrected chi connectivity index (χ0v) is 11.2. The standard InChI is InChI=1S/C13H13F2N3O2/c1-6-7(2)10(5-4-9(6)11(14)15)12(19)16-13-18-17-8(3)20-13/h4-5,11H,1-3H3,(H,16,18,19). The highest BCUT2D eigenvalue weighted by atomic mass is 19.3. The molecule has 0 unspecified atom stereocenters. The van der Waals surface area contributed by atoms with E-state index in [1.54, 1.807) is 20.8 Å². The van der Waals surface area contributed by atoms with Crippen LogP contribution in [0.1, 0.15) is 39.4 Å². The lowest BCUT2D eigenvalue weighted by molar-refractivity contribution is 0.102. The molecule has 0 radical (unpaired) electrons. The Bertz CT molecular complexity index is 653. The maximum absolute atomic E-state index is 12.8. The SMILES string of the molecule is Cc1nnc(NC(=O)c2ccc(C(F)F)c(C)c2C)o1. The number of nitrogens with one attached hydrogen (secondary N) is 1. The second-order valence-corrected chi connectivity index (χ2v) is 4.33. The number of hydrogen-bond acceptors (Lipinski definition) is 4. The highest BCUT2D eigenvalue weighted by Gasteiger charge is 2.18. The molecule has 106 valence electrons. The van der Waals surface area contributed by atoms with Crippen molar-refractivity contribution in [2.24, 2.45) is 0 Å². The van der Waals surface area contributed by atoms with Crippen LogP contribution in [0.25, 0.3) is 0 Å². The van der Waals surface area contributed by atoms with Gasteiger partial charge in [0, 0.05) is 18.1 Å². The minimum atomic E-state index is -2.57. The Labute approximate surface area is 114 Å². The Kier molecular flexibility index (Phi) is 3.78. The van der Waals surface area contributed by atoms with Crippen molar-refractivity contribution in [2.75, 3.05) is 5.32 Å². The molecule has 20 heavy (non-hydrogen) atoms. The molecule has 7 heteroatoms. The third kappa shape index (κ3) is 2.66. The highest BCUT2D eigenvalue weighted by molar-refractivity contribution is 6.04. The molecule has 0 aliphatic heterocycles. The second kappa shape index (κ2) is 5.36. The number of amides is 1. The van der Waals surface area contributed by atoms with Crippen LogP contribution in [0.3, 0.4) is 0 Å². The van der Waals surface area contributed by atoms with Gasteiger partial charge in [-0.3, -0.25) is 10.1 Å². The molecular weight excluding hydrogens is 268 g/mol. The molecular formula is C13H13F2N3O2. The Morgan fingerprint density at radius 3 is 2.45 bits per heavy atom. The zero-order valence-electron chi connectivity index (χ0n) is 11.2. The van der Waals surface area contributed by atoms with Crippen molar-refractivity contribution in [2.45, 2.75) is 27.2 Å². The van der Waals surface area contributed by atoms with Crippen molar-refractivity contribution >= 4 is 11.9 Å². The van der Waals surface area contributed by atoms with Gasteiger partial charge in [-0.2, -0.15) is 0 Å². The van der Waals surface area contributed by atoms with Crippen LogP contribution in [-0.4, -0.2) is 16.1 Å². The number of rotatable bonds is 3. The molecule has 5 nitrogen and oxygen atoms in total. The van der Waals surface area contributed by atoms with Crippen LogP contribution in [-0.2, 0) is 0 Å². The summed E-state index contributed by atoms with van der Waals surface area (Å²) in [4.78, 5) is 12.1. The Hall–Kier alpha value is -2.31. The fourth-order valence-electron chi connectivity index (χ4n) is 1.84. The second-order valence-electron chi connectivity index (χ2n) is 4.33. The van der Waals surface area contributed by atoms with E-state index in [2.05, 4.69) is 15.5 Å². The van der Waals surface area contributed by atoms with E-state index < -0.39 is 12.3 Å². The zero-order chi connectivity index (χ0) is 14.9. The van der Waals surface area contributed by atoms with E-state index in [4.69, 9.17) is 4.42 Å². The third-order valence-electron chi connectivity index (χ3n) is 3.06. The van der Waals surface area contributed by atoms with Crippen molar-refractivity contribution in [3.05, 3.63) is 40.3 Å². The minimum absolute atomic E-state index is 0.0255. The van der Waals surface area contributed by atoms with E-state index in [0.29, 0.717) is 22.6 Å². The number of carbonyl (C=O) groups is 1. The van der Waals surface area contributed by atoms with E-state index in [-0.39, 0.29) is 11.6 Å².